The average Bonchev–Trinajstić information content (AvgIpc) is 2.04. The molecule has 90 valence electrons. The van der Waals surface area contributed by atoms with Gasteiger partial charge in [0.25, 0.3) is 0 Å². The molecule has 0 aliphatic carbocycles. The minimum absolute atomic E-state index is 0.0771. The molecule has 0 bridgehead atoms. The number of nitrogens with one attached hydrogen (secondary N) is 1. The van der Waals surface area contributed by atoms with E-state index in [4.69, 9.17) is 0 Å². The lowest BCUT2D eigenvalue weighted by Crippen LogP contribution is -2.26. The van der Waals surface area contributed by atoms with Crippen molar-refractivity contribution in [1.29, 1.82) is 0 Å². The molecule has 0 aromatic carbocycles. The predicted molar refractivity (Wildman–Crippen MR) is 73.8 cm³/mol. The lowest BCUT2D eigenvalue weighted by atomic mass is 10.0. The highest BCUT2D eigenvalue weighted by molar-refractivity contribution is 14.1. The first-order valence-corrected chi connectivity index (χ1v) is 7.53. The molecule has 0 aliphatic rings. The van der Waals surface area contributed by atoms with Crippen molar-refractivity contribution in [3.05, 3.63) is 21.9 Å². The number of nitrogens with zero attached hydrogens (tertiary/aromatic N) is 1. The Bertz CT molecular complexity index is 449. The van der Waals surface area contributed by atoms with Gasteiger partial charge in [0.15, 0.2) is 0 Å². The number of halogens is 1. The van der Waals surface area contributed by atoms with Gasteiger partial charge in [-0.25, -0.2) is 13.4 Å². The average molecular weight is 354 g/mol. The standard InChI is InChI=1S/C10H15IN2O2S/c1-10(2,3)7-16(14,15)13-9-5-4-8(11)6-12-9/h4-6H,7H2,1-3H3,(H,12,13). The molecule has 0 radical (unpaired) electrons. The van der Waals surface area contributed by atoms with Crippen molar-refractivity contribution < 1.29 is 8.42 Å². The zero-order valence-corrected chi connectivity index (χ0v) is 12.5. The van der Waals surface area contributed by atoms with Crippen LogP contribution in [0.5, 0.6) is 0 Å². The Morgan fingerprint density at radius 2 is 2.00 bits per heavy atom. The first kappa shape index (κ1) is 13.7. The number of hydrogen-bond donors (Lipinski definition) is 1. The summed E-state index contributed by atoms with van der Waals surface area (Å²) in [5, 5.41) is 0. The van der Waals surface area contributed by atoms with E-state index in [1.165, 1.54) is 0 Å². The van der Waals surface area contributed by atoms with E-state index in [2.05, 4.69) is 32.3 Å². The summed E-state index contributed by atoms with van der Waals surface area (Å²) in [4.78, 5) is 4.00. The third-order valence-electron chi connectivity index (χ3n) is 1.61. The second-order valence-corrected chi connectivity index (χ2v) is 7.75. The van der Waals surface area contributed by atoms with Crippen LogP contribution in [0.4, 0.5) is 5.82 Å². The molecule has 4 nitrogen and oxygen atoms in total. The molecular formula is C10H15IN2O2S. The number of sulfonamides is 1. The van der Waals surface area contributed by atoms with Crippen LogP contribution < -0.4 is 4.72 Å². The van der Waals surface area contributed by atoms with Crippen molar-refractivity contribution in [1.82, 2.24) is 4.98 Å². The van der Waals surface area contributed by atoms with Crippen LogP contribution in [0.25, 0.3) is 0 Å². The highest BCUT2D eigenvalue weighted by Crippen LogP contribution is 2.17. The van der Waals surface area contributed by atoms with E-state index in [0.717, 1.165) is 3.57 Å². The Hall–Kier alpha value is -0.370. The van der Waals surface area contributed by atoms with Crippen LogP contribution in [-0.2, 0) is 10.0 Å². The van der Waals surface area contributed by atoms with Crippen molar-refractivity contribution in [2.24, 2.45) is 5.41 Å². The van der Waals surface area contributed by atoms with Crippen LogP contribution in [0.15, 0.2) is 18.3 Å². The van der Waals surface area contributed by atoms with Gasteiger partial charge in [0, 0.05) is 9.77 Å². The Kier molecular flexibility index (Phi) is 4.17. The molecule has 1 aromatic rings. The lowest BCUT2D eigenvalue weighted by Gasteiger charge is -2.18. The van der Waals surface area contributed by atoms with E-state index in [9.17, 15) is 8.42 Å². The molecule has 1 rings (SSSR count). The van der Waals surface area contributed by atoms with Crippen LogP contribution in [0.3, 0.4) is 0 Å². The molecule has 0 atom stereocenters. The maximum Gasteiger partial charge on any atom is 0.234 e. The molecule has 0 amide bonds. The molecule has 1 aromatic heterocycles. The monoisotopic (exact) mass is 354 g/mol. The Morgan fingerprint density at radius 1 is 1.38 bits per heavy atom. The van der Waals surface area contributed by atoms with Gasteiger partial charge in [0.2, 0.25) is 10.0 Å². The molecule has 6 heteroatoms. The lowest BCUT2D eigenvalue weighted by molar-refractivity contribution is 0.463. The van der Waals surface area contributed by atoms with E-state index in [1.807, 2.05) is 26.8 Å². The van der Waals surface area contributed by atoms with Crippen molar-refractivity contribution in [3.8, 4) is 0 Å². The third kappa shape index (κ3) is 5.11. The van der Waals surface area contributed by atoms with E-state index >= 15 is 0 Å². The van der Waals surface area contributed by atoms with Crippen LogP contribution in [0.1, 0.15) is 20.8 Å². The van der Waals surface area contributed by atoms with Crippen LogP contribution in [0.2, 0.25) is 0 Å². The van der Waals surface area contributed by atoms with E-state index < -0.39 is 10.0 Å². The molecule has 0 saturated carbocycles. The van der Waals surface area contributed by atoms with Gasteiger partial charge >= 0.3 is 0 Å². The fourth-order valence-electron chi connectivity index (χ4n) is 1.20. The molecule has 16 heavy (non-hydrogen) atoms. The molecule has 1 N–H and O–H groups in total. The Labute approximate surface area is 110 Å². The SMILES string of the molecule is CC(C)(C)CS(=O)(=O)Nc1ccc(I)cn1. The van der Waals surface area contributed by atoms with Crippen LogP contribution in [-0.4, -0.2) is 19.2 Å². The summed E-state index contributed by atoms with van der Waals surface area (Å²) in [6.07, 6.45) is 1.62. The summed E-state index contributed by atoms with van der Waals surface area (Å²) in [5.41, 5.74) is -0.269. The van der Waals surface area contributed by atoms with Gasteiger partial charge in [-0.15, -0.1) is 0 Å². The first-order chi connectivity index (χ1) is 7.18. The van der Waals surface area contributed by atoms with E-state index in [1.54, 1.807) is 12.3 Å². The van der Waals surface area contributed by atoms with Crippen molar-refractivity contribution in [2.75, 3.05) is 10.5 Å². The summed E-state index contributed by atoms with van der Waals surface area (Å²) in [6, 6.07) is 3.46. The van der Waals surface area contributed by atoms with Gasteiger partial charge in [0.1, 0.15) is 5.82 Å². The van der Waals surface area contributed by atoms with Crippen molar-refractivity contribution in [2.45, 2.75) is 20.8 Å². The largest absolute Gasteiger partial charge is 0.267 e. The van der Waals surface area contributed by atoms with Gasteiger partial charge in [-0.2, -0.15) is 0 Å². The predicted octanol–water partition coefficient (Wildman–Crippen LogP) is 2.47. The molecule has 0 fully saturated rings. The van der Waals surface area contributed by atoms with Gasteiger partial charge in [-0.05, 0) is 40.1 Å². The summed E-state index contributed by atoms with van der Waals surface area (Å²) in [6.45, 7) is 5.65. The number of rotatable bonds is 3. The summed E-state index contributed by atoms with van der Waals surface area (Å²) in [7, 11) is -3.32. The molecule has 1 heterocycles. The Balaban J connectivity index is 2.77. The number of aromatic nitrogens is 1. The molecule has 0 unspecified atom stereocenters. The van der Waals surface area contributed by atoms with Crippen molar-refractivity contribution in [3.63, 3.8) is 0 Å². The molecule has 0 aliphatic heterocycles. The first-order valence-electron chi connectivity index (χ1n) is 4.80. The molecular weight excluding hydrogens is 339 g/mol. The smallest absolute Gasteiger partial charge is 0.234 e. The second-order valence-electron chi connectivity index (χ2n) is 4.78. The molecule has 0 spiro atoms. The fraction of sp³-hybridized carbons (Fsp3) is 0.500. The van der Waals surface area contributed by atoms with Gasteiger partial charge in [0.05, 0.1) is 5.75 Å². The molecule has 0 saturated heterocycles. The quantitative estimate of drug-likeness (QED) is 0.849. The highest BCUT2D eigenvalue weighted by Gasteiger charge is 2.21. The van der Waals surface area contributed by atoms with E-state index in [-0.39, 0.29) is 11.2 Å². The Morgan fingerprint density at radius 3 is 2.44 bits per heavy atom. The van der Waals surface area contributed by atoms with Crippen LogP contribution in [0, 0.1) is 8.99 Å². The summed E-state index contributed by atoms with van der Waals surface area (Å²) >= 11 is 2.12. The minimum Gasteiger partial charge on any atom is -0.267 e. The zero-order chi connectivity index (χ0) is 12.4. The number of hydrogen-bond acceptors (Lipinski definition) is 3. The van der Waals surface area contributed by atoms with Crippen molar-refractivity contribution >= 4 is 38.4 Å². The summed E-state index contributed by atoms with van der Waals surface area (Å²) in [5.74, 6) is 0.442. The van der Waals surface area contributed by atoms with Gasteiger partial charge < -0.3 is 0 Å². The third-order valence-corrected chi connectivity index (χ3v) is 4.01. The normalized spacial score (nSPS) is 12.5. The topological polar surface area (TPSA) is 59.1 Å². The van der Waals surface area contributed by atoms with Gasteiger partial charge in [-0.3, -0.25) is 4.72 Å². The second kappa shape index (κ2) is 4.87. The number of anilines is 1. The maximum atomic E-state index is 11.7. The minimum atomic E-state index is -3.32. The highest BCUT2D eigenvalue weighted by atomic mass is 127. The number of pyridine rings is 1. The fourth-order valence-corrected chi connectivity index (χ4v) is 3.17. The van der Waals surface area contributed by atoms with E-state index in [0.29, 0.717) is 5.82 Å². The van der Waals surface area contributed by atoms with Gasteiger partial charge in [-0.1, -0.05) is 20.8 Å². The van der Waals surface area contributed by atoms with Crippen LogP contribution >= 0.6 is 22.6 Å². The maximum absolute atomic E-state index is 11.7. The summed E-state index contributed by atoms with van der Waals surface area (Å²) < 4.78 is 26.9. The zero-order valence-electron chi connectivity index (χ0n) is 9.49.